The minimum Gasteiger partial charge on any atom is -0.493 e. The predicted octanol–water partition coefficient (Wildman–Crippen LogP) is 2.48. The van der Waals surface area contributed by atoms with Gasteiger partial charge in [-0.15, -0.1) is 0 Å². The van der Waals surface area contributed by atoms with Crippen LogP contribution in [0.5, 0.6) is 5.75 Å². The molecule has 1 aromatic carbocycles. The summed E-state index contributed by atoms with van der Waals surface area (Å²) in [6.45, 7) is 7.27. The van der Waals surface area contributed by atoms with Gasteiger partial charge in [0.25, 0.3) is 0 Å². The van der Waals surface area contributed by atoms with Crippen LogP contribution < -0.4 is 10.1 Å². The lowest BCUT2D eigenvalue weighted by atomic mass is 10.1. The molecule has 0 spiro atoms. The Kier molecular flexibility index (Phi) is 5.56. The number of aliphatic hydroxyl groups is 1. The summed E-state index contributed by atoms with van der Waals surface area (Å²) in [5, 5.41) is 12.7. The molecule has 102 valence electrons. The van der Waals surface area contributed by atoms with Crippen molar-refractivity contribution in [2.45, 2.75) is 39.3 Å². The molecule has 18 heavy (non-hydrogen) atoms. The molecule has 2 N–H and O–H groups in total. The van der Waals surface area contributed by atoms with Crippen molar-refractivity contribution in [1.82, 2.24) is 5.32 Å². The van der Waals surface area contributed by atoms with Gasteiger partial charge >= 0.3 is 0 Å². The number of hydrogen-bond donors (Lipinski definition) is 2. The first-order chi connectivity index (χ1) is 8.42. The Balaban J connectivity index is 2.63. The van der Waals surface area contributed by atoms with Crippen molar-refractivity contribution in [3.8, 4) is 5.75 Å². The third kappa shape index (κ3) is 5.47. The largest absolute Gasteiger partial charge is 0.493 e. The van der Waals surface area contributed by atoms with Crippen LogP contribution in [0.4, 0.5) is 4.39 Å². The molecule has 0 atom stereocenters. The fourth-order valence-electron chi connectivity index (χ4n) is 1.50. The van der Waals surface area contributed by atoms with E-state index in [2.05, 4.69) is 5.32 Å². The summed E-state index contributed by atoms with van der Waals surface area (Å²) in [5.41, 5.74) is 0.0505. The van der Waals surface area contributed by atoms with Crippen LogP contribution in [0, 0.1) is 5.82 Å². The van der Waals surface area contributed by atoms with E-state index in [1.807, 2.05) is 6.92 Å². The molecule has 0 aromatic heterocycles. The van der Waals surface area contributed by atoms with Crippen LogP contribution in [-0.4, -0.2) is 23.9 Å². The number of nitrogens with one attached hydrogen (secondary N) is 1. The van der Waals surface area contributed by atoms with Crippen LogP contribution >= 0.6 is 0 Å². The second-order valence-corrected chi connectivity index (χ2v) is 4.94. The molecule has 0 aliphatic rings. The Hall–Kier alpha value is -1.13. The van der Waals surface area contributed by atoms with Gasteiger partial charge in [0, 0.05) is 18.5 Å². The average molecular weight is 255 g/mol. The smallest absolute Gasteiger partial charge is 0.123 e. The molecule has 3 nitrogen and oxygen atoms in total. The zero-order chi connectivity index (χ0) is 13.6. The molecule has 0 fully saturated rings. The van der Waals surface area contributed by atoms with Gasteiger partial charge < -0.3 is 15.2 Å². The monoisotopic (exact) mass is 255 g/mol. The van der Waals surface area contributed by atoms with E-state index in [-0.39, 0.29) is 5.82 Å². The number of hydrogen-bond acceptors (Lipinski definition) is 3. The molecular weight excluding hydrogens is 233 g/mol. The van der Waals surface area contributed by atoms with Crippen LogP contribution in [0.2, 0.25) is 0 Å². The Bertz CT molecular complexity index is 375. The fraction of sp³-hybridized carbons (Fsp3) is 0.571. The molecule has 0 radical (unpaired) electrons. The van der Waals surface area contributed by atoms with Crippen molar-refractivity contribution in [1.29, 1.82) is 0 Å². The molecule has 0 aliphatic carbocycles. The second kappa shape index (κ2) is 6.71. The highest BCUT2D eigenvalue weighted by Crippen LogP contribution is 2.20. The van der Waals surface area contributed by atoms with Crippen molar-refractivity contribution in [2.75, 3.05) is 13.2 Å². The van der Waals surface area contributed by atoms with E-state index in [0.29, 0.717) is 25.3 Å². The molecule has 0 aliphatic heterocycles. The van der Waals surface area contributed by atoms with E-state index in [1.54, 1.807) is 19.9 Å². The highest BCUT2D eigenvalue weighted by atomic mass is 19.1. The van der Waals surface area contributed by atoms with Crippen molar-refractivity contribution in [3.63, 3.8) is 0 Å². The minimum absolute atomic E-state index is 0.266. The van der Waals surface area contributed by atoms with Crippen LogP contribution in [0.3, 0.4) is 0 Å². The van der Waals surface area contributed by atoms with E-state index < -0.39 is 5.60 Å². The maximum atomic E-state index is 13.2. The lowest BCUT2D eigenvalue weighted by molar-refractivity contribution is 0.0551. The number of halogens is 1. The van der Waals surface area contributed by atoms with Crippen LogP contribution in [0.1, 0.15) is 32.8 Å². The normalized spacial score (nSPS) is 11.6. The Labute approximate surface area is 108 Å². The summed E-state index contributed by atoms with van der Waals surface area (Å²) in [5.74, 6) is 0.402. The Morgan fingerprint density at radius 2 is 2.11 bits per heavy atom. The van der Waals surface area contributed by atoms with E-state index in [1.165, 1.54) is 12.1 Å². The van der Waals surface area contributed by atoms with E-state index in [4.69, 9.17) is 4.74 Å². The van der Waals surface area contributed by atoms with Gasteiger partial charge in [0.15, 0.2) is 0 Å². The van der Waals surface area contributed by atoms with Gasteiger partial charge in [0.2, 0.25) is 0 Å². The van der Waals surface area contributed by atoms with E-state index in [9.17, 15) is 9.50 Å². The van der Waals surface area contributed by atoms with Gasteiger partial charge in [-0.05, 0) is 38.6 Å². The Morgan fingerprint density at radius 3 is 2.72 bits per heavy atom. The summed E-state index contributed by atoms with van der Waals surface area (Å²) in [6.07, 6.45) is 0.533. The molecular formula is C14H22FNO2. The maximum Gasteiger partial charge on any atom is 0.123 e. The maximum absolute atomic E-state index is 13.2. The van der Waals surface area contributed by atoms with Gasteiger partial charge in [-0.1, -0.05) is 6.92 Å². The van der Waals surface area contributed by atoms with Crippen LogP contribution in [0.15, 0.2) is 18.2 Å². The van der Waals surface area contributed by atoms with Crippen molar-refractivity contribution >= 4 is 0 Å². The minimum atomic E-state index is -0.748. The number of benzene rings is 1. The molecule has 4 heteroatoms. The molecule has 0 saturated carbocycles. The third-order valence-corrected chi connectivity index (χ3v) is 2.56. The first-order valence-corrected chi connectivity index (χ1v) is 6.26. The average Bonchev–Trinajstić information content (AvgIpc) is 2.27. The highest BCUT2D eigenvalue weighted by molar-refractivity contribution is 5.33. The predicted molar refractivity (Wildman–Crippen MR) is 70.2 cm³/mol. The van der Waals surface area contributed by atoms with Gasteiger partial charge in [-0.3, -0.25) is 0 Å². The van der Waals surface area contributed by atoms with Crippen LogP contribution in [-0.2, 0) is 6.54 Å². The summed E-state index contributed by atoms with van der Waals surface area (Å²) >= 11 is 0. The number of ether oxygens (including phenoxy) is 1. The first-order valence-electron chi connectivity index (χ1n) is 6.26. The molecule has 0 bridgehead atoms. The summed E-state index contributed by atoms with van der Waals surface area (Å²) in [7, 11) is 0. The topological polar surface area (TPSA) is 41.5 Å². The molecule has 0 unspecified atom stereocenters. The van der Waals surface area contributed by atoms with Crippen molar-refractivity contribution in [3.05, 3.63) is 29.6 Å². The number of rotatable bonds is 7. The quantitative estimate of drug-likeness (QED) is 0.786. The van der Waals surface area contributed by atoms with Crippen LogP contribution in [0.25, 0.3) is 0 Å². The summed E-state index contributed by atoms with van der Waals surface area (Å²) in [6, 6.07) is 4.49. The zero-order valence-corrected chi connectivity index (χ0v) is 11.3. The molecule has 1 aromatic rings. The van der Waals surface area contributed by atoms with Gasteiger partial charge in [-0.25, -0.2) is 4.39 Å². The second-order valence-electron chi connectivity index (χ2n) is 4.94. The standard InChI is InChI=1S/C14H22FNO2/c1-4-16-10-11-9-12(15)5-6-13(11)18-8-7-14(2,3)17/h5-6,9,16-17H,4,7-8,10H2,1-3H3. The third-order valence-electron chi connectivity index (χ3n) is 2.56. The van der Waals surface area contributed by atoms with Gasteiger partial charge in [0.1, 0.15) is 11.6 Å². The van der Waals surface area contributed by atoms with Crippen molar-refractivity contribution < 1.29 is 14.2 Å². The Morgan fingerprint density at radius 1 is 1.39 bits per heavy atom. The van der Waals surface area contributed by atoms with Gasteiger partial charge in [0.05, 0.1) is 12.2 Å². The SMILES string of the molecule is CCNCc1cc(F)ccc1OCCC(C)(C)O. The zero-order valence-electron chi connectivity index (χ0n) is 11.3. The molecule has 1 rings (SSSR count). The molecule has 0 amide bonds. The first kappa shape index (κ1) is 14.9. The lowest BCUT2D eigenvalue weighted by Gasteiger charge is -2.18. The molecule has 0 heterocycles. The molecule has 0 saturated heterocycles. The van der Waals surface area contributed by atoms with Crippen molar-refractivity contribution in [2.24, 2.45) is 0 Å². The highest BCUT2D eigenvalue weighted by Gasteiger charge is 2.13. The van der Waals surface area contributed by atoms with Gasteiger partial charge in [-0.2, -0.15) is 0 Å². The summed E-state index contributed by atoms with van der Waals surface area (Å²) in [4.78, 5) is 0. The summed E-state index contributed by atoms with van der Waals surface area (Å²) < 4.78 is 18.8. The lowest BCUT2D eigenvalue weighted by Crippen LogP contribution is -2.22. The fourth-order valence-corrected chi connectivity index (χ4v) is 1.50. The van der Waals surface area contributed by atoms with E-state index in [0.717, 1.165) is 12.1 Å². The van der Waals surface area contributed by atoms with E-state index >= 15 is 0 Å².